The van der Waals surface area contributed by atoms with Crippen LogP contribution in [-0.2, 0) is 21.2 Å². The Morgan fingerprint density at radius 2 is 1.68 bits per heavy atom. The summed E-state index contributed by atoms with van der Waals surface area (Å²) < 4.78 is 26.1. The van der Waals surface area contributed by atoms with Gasteiger partial charge in [0.05, 0.1) is 5.69 Å². The Morgan fingerprint density at radius 1 is 1.00 bits per heavy atom. The number of hydrogen-bond acceptors (Lipinski definition) is 3. The Labute approximate surface area is 129 Å². The molecule has 0 fully saturated rings. The number of hydrogen-bond donors (Lipinski definition) is 0. The number of anilines is 1. The molecule has 0 saturated heterocycles. The van der Waals surface area contributed by atoms with Gasteiger partial charge in [0.1, 0.15) is 0 Å². The molecule has 1 aliphatic rings. The normalized spacial score (nSPS) is 14.3. The van der Waals surface area contributed by atoms with E-state index in [4.69, 9.17) is 0 Å². The molecule has 0 spiro atoms. The van der Waals surface area contributed by atoms with E-state index in [1.807, 2.05) is 42.5 Å². The van der Waals surface area contributed by atoms with E-state index in [9.17, 15) is 13.2 Å². The highest BCUT2D eigenvalue weighted by Gasteiger charge is 2.33. The molecule has 1 heterocycles. The molecule has 0 N–H and O–H groups in total. The highest BCUT2D eigenvalue weighted by Crippen LogP contribution is 2.30. The van der Waals surface area contributed by atoms with Gasteiger partial charge < -0.3 is 0 Å². The first-order valence-electron chi connectivity index (χ1n) is 6.97. The highest BCUT2D eigenvalue weighted by molar-refractivity contribution is 8.07. The molecule has 3 rings (SSSR count). The second kappa shape index (κ2) is 5.77. The van der Waals surface area contributed by atoms with E-state index in [1.165, 1.54) is 10.4 Å². The fourth-order valence-electron chi connectivity index (χ4n) is 2.48. The van der Waals surface area contributed by atoms with Gasteiger partial charge in [0.15, 0.2) is 0 Å². The standard InChI is InChI=1S/C17H15NO3S/c19-17(11-10-14-6-2-1-3-7-14)22(20,21)18-13-12-15-8-4-5-9-16(15)18/h1-11H,12-13H2. The summed E-state index contributed by atoms with van der Waals surface area (Å²) in [5.74, 6) is 0. The molecule has 5 heteroatoms. The van der Waals surface area contributed by atoms with Gasteiger partial charge in [0, 0.05) is 12.6 Å². The lowest BCUT2D eigenvalue weighted by Crippen LogP contribution is -2.34. The summed E-state index contributed by atoms with van der Waals surface area (Å²) in [5, 5.41) is -0.895. The zero-order valence-electron chi connectivity index (χ0n) is 11.8. The Balaban J connectivity index is 1.85. The molecule has 0 unspecified atom stereocenters. The molecule has 0 radical (unpaired) electrons. The van der Waals surface area contributed by atoms with Crippen molar-refractivity contribution in [2.45, 2.75) is 6.42 Å². The van der Waals surface area contributed by atoms with Crippen LogP contribution in [0.3, 0.4) is 0 Å². The van der Waals surface area contributed by atoms with Gasteiger partial charge >= 0.3 is 10.0 Å². The van der Waals surface area contributed by atoms with Gasteiger partial charge in [-0.1, -0.05) is 54.6 Å². The van der Waals surface area contributed by atoms with Gasteiger partial charge in [-0.25, -0.2) is 0 Å². The van der Waals surface area contributed by atoms with Crippen molar-refractivity contribution in [1.82, 2.24) is 0 Å². The van der Waals surface area contributed by atoms with Crippen LogP contribution >= 0.6 is 0 Å². The van der Waals surface area contributed by atoms with Crippen molar-refractivity contribution in [3.63, 3.8) is 0 Å². The van der Waals surface area contributed by atoms with Crippen LogP contribution in [0.1, 0.15) is 11.1 Å². The maximum atomic E-state index is 12.4. The third-order valence-electron chi connectivity index (χ3n) is 3.60. The molecule has 22 heavy (non-hydrogen) atoms. The van der Waals surface area contributed by atoms with Gasteiger partial charge in [0.2, 0.25) is 0 Å². The van der Waals surface area contributed by atoms with Crippen molar-refractivity contribution < 1.29 is 13.2 Å². The van der Waals surface area contributed by atoms with E-state index in [1.54, 1.807) is 12.1 Å². The van der Waals surface area contributed by atoms with Crippen LogP contribution in [-0.4, -0.2) is 20.1 Å². The molecule has 1 aliphatic heterocycles. The van der Waals surface area contributed by atoms with Crippen molar-refractivity contribution in [1.29, 1.82) is 0 Å². The second-order valence-electron chi connectivity index (χ2n) is 5.02. The molecule has 0 saturated carbocycles. The summed E-state index contributed by atoms with van der Waals surface area (Å²) in [7, 11) is -4.01. The maximum Gasteiger partial charge on any atom is 0.302 e. The molecule has 0 atom stereocenters. The predicted octanol–water partition coefficient (Wildman–Crippen LogP) is 2.62. The molecular weight excluding hydrogens is 298 g/mol. The Morgan fingerprint density at radius 3 is 2.45 bits per heavy atom. The van der Waals surface area contributed by atoms with Crippen LogP contribution in [0, 0.1) is 0 Å². The monoisotopic (exact) mass is 313 g/mol. The molecule has 2 aromatic carbocycles. The first-order chi connectivity index (χ1) is 10.6. The van der Waals surface area contributed by atoms with Crippen molar-refractivity contribution in [3.05, 3.63) is 71.8 Å². The minimum Gasteiger partial charge on any atom is -0.275 e. The average molecular weight is 313 g/mol. The van der Waals surface area contributed by atoms with Crippen LogP contribution in [0.2, 0.25) is 0 Å². The highest BCUT2D eigenvalue weighted by atomic mass is 32.2. The Bertz CT molecular complexity index is 826. The number of benzene rings is 2. The largest absolute Gasteiger partial charge is 0.302 e. The smallest absolute Gasteiger partial charge is 0.275 e. The molecule has 4 nitrogen and oxygen atoms in total. The Hall–Kier alpha value is -2.40. The lowest BCUT2D eigenvalue weighted by Gasteiger charge is -2.17. The topological polar surface area (TPSA) is 54.5 Å². The van der Waals surface area contributed by atoms with Crippen LogP contribution < -0.4 is 4.31 Å². The fourth-order valence-corrected chi connectivity index (χ4v) is 3.71. The van der Waals surface area contributed by atoms with Crippen molar-refractivity contribution >= 4 is 26.9 Å². The van der Waals surface area contributed by atoms with Crippen molar-refractivity contribution in [2.24, 2.45) is 0 Å². The lowest BCUT2D eigenvalue weighted by molar-refractivity contribution is -0.107. The molecule has 0 aromatic heterocycles. The van der Waals surface area contributed by atoms with E-state index in [0.29, 0.717) is 18.7 Å². The third kappa shape index (κ3) is 2.67. The Kier molecular flexibility index (Phi) is 3.81. The first kappa shape index (κ1) is 14.5. The summed E-state index contributed by atoms with van der Waals surface area (Å²) in [6.07, 6.45) is 3.26. The van der Waals surface area contributed by atoms with Crippen molar-refractivity contribution in [3.8, 4) is 0 Å². The van der Waals surface area contributed by atoms with Crippen LogP contribution in [0.25, 0.3) is 6.08 Å². The maximum absolute atomic E-state index is 12.4. The number of carbonyl (C=O) groups excluding carboxylic acids is 1. The van der Waals surface area contributed by atoms with Crippen LogP contribution in [0.5, 0.6) is 0 Å². The third-order valence-corrected chi connectivity index (χ3v) is 5.20. The molecule has 0 amide bonds. The number of sulfonamides is 1. The zero-order chi connectivity index (χ0) is 15.6. The summed E-state index contributed by atoms with van der Waals surface area (Å²) in [6, 6.07) is 16.4. The zero-order valence-corrected chi connectivity index (χ0v) is 12.7. The van der Waals surface area contributed by atoms with E-state index < -0.39 is 15.1 Å². The van der Waals surface area contributed by atoms with Gasteiger partial charge in [-0.05, 0) is 23.6 Å². The summed E-state index contributed by atoms with van der Waals surface area (Å²) in [4.78, 5) is 12.1. The molecular formula is C17H15NO3S. The minimum absolute atomic E-state index is 0.312. The molecule has 2 aromatic rings. The summed E-state index contributed by atoms with van der Waals surface area (Å²) >= 11 is 0. The number of fused-ring (bicyclic) bond motifs is 1. The number of para-hydroxylation sites is 1. The van der Waals surface area contributed by atoms with Gasteiger partial charge in [-0.2, -0.15) is 8.42 Å². The second-order valence-corrected chi connectivity index (χ2v) is 6.81. The van der Waals surface area contributed by atoms with Gasteiger partial charge in [-0.3, -0.25) is 9.10 Å². The molecule has 0 aliphatic carbocycles. The van der Waals surface area contributed by atoms with E-state index in [-0.39, 0.29) is 0 Å². The summed E-state index contributed by atoms with van der Waals surface area (Å²) in [6.45, 7) is 0.312. The number of rotatable bonds is 3. The summed E-state index contributed by atoms with van der Waals surface area (Å²) in [5.41, 5.74) is 2.34. The van der Waals surface area contributed by atoms with Crippen LogP contribution in [0.4, 0.5) is 5.69 Å². The average Bonchev–Trinajstić information content (AvgIpc) is 2.98. The number of carbonyl (C=O) groups is 1. The van der Waals surface area contributed by atoms with E-state index >= 15 is 0 Å². The SMILES string of the molecule is O=C(C=Cc1ccccc1)S(=O)(=O)N1CCc2ccccc21. The van der Waals surface area contributed by atoms with E-state index in [2.05, 4.69) is 0 Å². The molecule has 112 valence electrons. The quantitative estimate of drug-likeness (QED) is 0.819. The predicted molar refractivity (Wildman–Crippen MR) is 86.9 cm³/mol. The van der Waals surface area contributed by atoms with Gasteiger partial charge in [0.25, 0.3) is 5.12 Å². The van der Waals surface area contributed by atoms with E-state index in [0.717, 1.165) is 17.2 Å². The van der Waals surface area contributed by atoms with Gasteiger partial charge in [-0.15, -0.1) is 0 Å². The minimum atomic E-state index is -4.01. The first-order valence-corrected chi connectivity index (χ1v) is 8.41. The molecule has 0 bridgehead atoms. The fraction of sp³-hybridized carbons (Fsp3) is 0.118. The number of nitrogens with zero attached hydrogens (tertiary/aromatic N) is 1. The lowest BCUT2D eigenvalue weighted by atomic mass is 10.2. The van der Waals surface area contributed by atoms with Crippen molar-refractivity contribution in [2.75, 3.05) is 10.8 Å². The van der Waals surface area contributed by atoms with Crippen LogP contribution in [0.15, 0.2) is 60.7 Å².